The van der Waals surface area contributed by atoms with Gasteiger partial charge in [0.05, 0.1) is 11.3 Å². The van der Waals surface area contributed by atoms with Crippen LogP contribution >= 0.6 is 0 Å². The third-order valence-electron chi connectivity index (χ3n) is 4.13. The minimum Gasteiger partial charge on any atom is -0.369 e. The minimum atomic E-state index is -0.633. The highest BCUT2D eigenvalue weighted by Crippen LogP contribution is 2.45. The summed E-state index contributed by atoms with van der Waals surface area (Å²) in [6, 6.07) is 0. The van der Waals surface area contributed by atoms with Crippen molar-refractivity contribution in [3.63, 3.8) is 0 Å². The monoisotopic (exact) mass is 254 g/mol. The fourth-order valence-corrected chi connectivity index (χ4v) is 3.37. The molecule has 1 saturated carbocycles. The third-order valence-corrected chi connectivity index (χ3v) is 4.13. The molecule has 1 aliphatic rings. The van der Waals surface area contributed by atoms with Gasteiger partial charge in [0.15, 0.2) is 0 Å². The Hall–Kier alpha value is -1.06. The number of amides is 2. The molecule has 0 saturated heterocycles. The van der Waals surface area contributed by atoms with Gasteiger partial charge < -0.3 is 11.1 Å². The summed E-state index contributed by atoms with van der Waals surface area (Å²) in [4.78, 5) is 24.2. The lowest BCUT2D eigenvalue weighted by atomic mass is 9.61. The Balaban J connectivity index is 3.05. The van der Waals surface area contributed by atoms with Crippen molar-refractivity contribution in [3.8, 4) is 0 Å². The number of primary amides is 1. The molecule has 0 aromatic rings. The highest BCUT2D eigenvalue weighted by Gasteiger charge is 2.49. The number of nitrogens with two attached hydrogens (primary N) is 1. The molecule has 1 rings (SSSR count). The van der Waals surface area contributed by atoms with Crippen LogP contribution in [0.15, 0.2) is 0 Å². The Morgan fingerprint density at radius 2 is 1.78 bits per heavy atom. The van der Waals surface area contributed by atoms with Gasteiger partial charge in [-0.25, -0.2) is 0 Å². The molecule has 1 atom stereocenters. The van der Waals surface area contributed by atoms with Gasteiger partial charge in [0.1, 0.15) is 0 Å². The SMILES string of the molecule is CCNC(=O)C(C(C)C)C1(C(N)=O)CCCCC1. The van der Waals surface area contributed by atoms with E-state index in [1.54, 1.807) is 0 Å². The van der Waals surface area contributed by atoms with E-state index in [-0.39, 0.29) is 23.7 Å². The van der Waals surface area contributed by atoms with Crippen LogP contribution in [0.5, 0.6) is 0 Å². The van der Waals surface area contributed by atoms with Gasteiger partial charge in [0.25, 0.3) is 0 Å². The van der Waals surface area contributed by atoms with Gasteiger partial charge in [-0.2, -0.15) is 0 Å². The first-order chi connectivity index (χ1) is 8.45. The van der Waals surface area contributed by atoms with Gasteiger partial charge in [0.2, 0.25) is 11.8 Å². The van der Waals surface area contributed by atoms with Crippen LogP contribution in [-0.2, 0) is 9.59 Å². The normalized spacial score (nSPS) is 20.4. The van der Waals surface area contributed by atoms with Gasteiger partial charge in [-0.05, 0) is 25.7 Å². The highest BCUT2D eigenvalue weighted by molar-refractivity contribution is 5.90. The average Bonchev–Trinajstić information content (AvgIpc) is 2.30. The highest BCUT2D eigenvalue weighted by atomic mass is 16.2. The number of carbonyl (C=O) groups excluding carboxylic acids is 2. The van der Waals surface area contributed by atoms with E-state index in [1.807, 2.05) is 20.8 Å². The van der Waals surface area contributed by atoms with Crippen LogP contribution in [-0.4, -0.2) is 18.4 Å². The fraction of sp³-hybridized carbons (Fsp3) is 0.857. The lowest BCUT2D eigenvalue weighted by molar-refractivity contribution is -0.145. The molecule has 1 unspecified atom stereocenters. The molecule has 4 heteroatoms. The van der Waals surface area contributed by atoms with Crippen LogP contribution in [0, 0.1) is 17.3 Å². The van der Waals surface area contributed by atoms with Crippen molar-refractivity contribution in [1.82, 2.24) is 5.32 Å². The van der Waals surface area contributed by atoms with E-state index in [9.17, 15) is 9.59 Å². The quantitative estimate of drug-likeness (QED) is 0.785. The van der Waals surface area contributed by atoms with Crippen molar-refractivity contribution < 1.29 is 9.59 Å². The Morgan fingerprint density at radius 1 is 1.22 bits per heavy atom. The predicted molar refractivity (Wildman–Crippen MR) is 71.7 cm³/mol. The predicted octanol–water partition coefficient (Wildman–Crippen LogP) is 1.83. The first-order valence-electron chi connectivity index (χ1n) is 7.03. The standard InChI is InChI=1S/C14H26N2O2/c1-4-16-12(17)11(10(2)3)14(13(15)18)8-6-5-7-9-14/h10-11H,4-9H2,1-3H3,(H2,15,18)(H,16,17). The van der Waals surface area contributed by atoms with Crippen molar-refractivity contribution >= 4 is 11.8 Å². The van der Waals surface area contributed by atoms with E-state index >= 15 is 0 Å². The Kier molecular flexibility index (Phi) is 5.17. The van der Waals surface area contributed by atoms with Crippen LogP contribution in [0.4, 0.5) is 0 Å². The molecule has 0 radical (unpaired) electrons. The fourth-order valence-electron chi connectivity index (χ4n) is 3.37. The maximum atomic E-state index is 12.3. The summed E-state index contributed by atoms with van der Waals surface area (Å²) >= 11 is 0. The molecule has 0 aromatic heterocycles. The van der Waals surface area contributed by atoms with Gasteiger partial charge >= 0.3 is 0 Å². The Labute approximate surface area is 110 Å². The summed E-state index contributed by atoms with van der Waals surface area (Å²) in [7, 11) is 0. The van der Waals surface area contributed by atoms with Crippen LogP contribution in [0.1, 0.15) is 52.9 Å². The summed E-state index contributed by atoms with van der Waals surface area (Å²) in [5.74, 6) is -0.488. The van der Waals surface area contributed by atoms with Crippen molar-refractivity contribution in [2.24, 2.45) is 23.0 Å². The lowest BCUT2D eigenvalue weighted by Crippen LogP contribution is -2.52. The zero-order valence-electron chi connectivity index (χ0n) is 11.8. The molecule has 0 bridgehead atoms. The Bertz CT molecular complexity index is 307. The third kappa shape index (κ3) is 2.85. The smallest absolute Gasteiger partial charge is 0.224 e. The Morgan fingerprint density at radius 3 is 2.17 bits per heavy atom. The van der Waals surface area contributed by atoms with E-state index in [4.69, 9.17) is 5.73 Å². The molecule has 0 spiro atoms. The van der Waals surface area contributed by atoms with E-state index in [0.717, 1.165) is 32.1 Å². The largest absolute Gasteiger partial charge is 0.369 e. The van der Waals surface area contributed by atoms with Crippen molar-refractivity contribution in [3.05, 3.63) is 0 Å². The maximum Gasteiger partial charge on any atom is 0.224 e. The molecule has 2 amide bonds. The van der Waals surface area contributed by atoms with Crippen LogP contribution < -0.4 is 11.1 Å². The number of carbonyl (C=O) groups is 2. The molecule has 18 heavy (non-hydrogen) atoms. The second kappa shape index (κ2) is 6.21. The van der Waals surface area contributed by atoms with Crippen molar-refractivity contribution in [2.45, 2.75) is 52.9 Å². The number of nitrogens with one attached hydrogen (secondary N) is 1. The summed E-state index contributed by atoms with van der Waals surface area (Å²) in [6.45, 7) is 6.49. The molecule has 0 aliphatic heterocycles. The molecule has 0 heterocycles. The summed E-state index contributed by atoms with van der Waals surface area (Å²) in [6.07, 6.45) is 4.62. The first-order valence-corrected chi connectivity index (χ1v) is 7.03. The molecule has 3 N–H and O–H groups in total. The topological polar surface area (TPSA) is 72.2 Å². The maximum absolute atomic E-state index is 12.3. The van der Waals surface area contributed by atoms with E-state index < -0.39 is 5.41 Å². The van der Waals surface area contributed by atoms with Gasteiger partial charge in [0, 0.05) is 6.54 Å². The second-order valence-corrected chi connectivity index (χ2v) is 5.70. The van der Waals surface area contributed by atoms with Gasteiger partial charge in [-0.15, -0.1) is 0 Å². The first kappa shape index (κ1) is 15.0. The number of rotatable bonds is 5. The lowest BCUT2D eigenvalue weighted by Gasteiger charge is -2.42. The molecule has 4 nitrogen and oxygen atoms in total. The van der Waals surface area contributed by atoms with Gasteiger partial charge in [-0.3, -0.25) is 9.59 Å². The number of hydrogen-bond donors (Lipinski definition) is 2. The minimum absolute atomic E-state index is 0.0202. The van der Waals surface area contributed by atoms with Crippen LogP contribution in [0.2, 0.25) is 0 Å². The van der Waals surface area contributed by atoms with E-state index in [2.05, 4.69) is 5.32 Å². The summed E-state index contributed by atoms with van der Waals surface area (Å²) in [5, 5.41) is 2.86. The van der Waals surface area contributed by atoms with Crippen molar-refractivity contribution in [1.29, 1.82) is 0 Å². The number of hydrogen-bond acceptors (Lipinski definition) is 2. The van der Waals surface area contributed by atoms with Gasteiger partial charge in [-0.1, -0.05) is 33.1 Å². The molecule has 1 fully saturated rings. The zero-order chi connectivity index (χ0) is 13.8. The van der Waals surface area contributed by atoms with E-state index in [0.29, 0.717) is 6.54 Å². The van der Waals surface area contributed by atoms with Crippen LogP contribution in [0.25, 0.3) is 0 Å². The molecular formula is C14H26N2O2. The van der Waals surface area contributed by atoms with E-state index in [1.165, 1.54) is 0 Å². The second-order valence-electron chi connectivity index (χ2n) is 5.70. The summed E-state index contributed by atoms with van der Waals surface area (Å²) < 4.78 is 0. The molecule has 0 aromatic carbocycles. The molecule has 104 valence electrons. The molecule has 1 aliphatic carbocycles. The van der Waals surface area contributed by atoms with Crippen molar-refractivity contribution in [2.75, 3.05) is 6.54 Å². The average molecular weight is 254 g/mol. The summed E-state index contributed by atoms with van der Waals surface area (Å²) in [5.41, 5.74) is 5.02. The van der Waals surface area contributed by atoms with Crippen LogP contribution in [0.3, 0.4) is 0 Å². The zero-order valence-corrected chi connectivity index (χ0v) is 11.8. The molecular weight excluding hydrogens is 228 g/mol.